The molecule has 2 unspecified atom stereocenters. The van der Waals surface area contributed by atoms with E-state index in [0.29, 0.717) is 31.3 Å². The lowest BCUT2D eigenvalue weighted by molar-refractivity contribution is -0.00285. The molecule has 2 aliphatic heterocycles. The van der Waals surface area contributed by atoms with Crippen LogP contribution in [0.15, 0.2) is 36.9 Å². The van der Waals surface area contributed by atoms with E-state index < -0.39 is 6.17 Å². The standard InChI is InChI=1S/C16H16FN3O/c1-10(12-8-21-9-12)15-18-16-13(17)7-14(20(16)19-15)11-5-3-2-4-6-11/h2-6,12-14H,1,7-9H2. The van der Waals surface area contributed by atoms with Crippen LogP contribution in [0.25, 0.3) is 5.57 Å². The van der Waals surface area contributed by atoms with E-state index in [2.05, 4.69) is 16.7 Å². The Bertz CT molecular complexity index is 678. The van der Waals surface area contributed by atoms with Gasteiger partial charge >= 0.3 is 0 Å². The van der Waals surface area contributed by atoms with Crippen LogP contribution in [0, 0.1) is 5.92 Å². The maximum Gasteiger partial charge on any atom is 0.177 e. The Kier molecular flexibility index (Phi) is 2.89. The highest BCUT2D eigenvalue weighted by molar-refractivity contribution is 5.60. The van der Waals surface area contributed by atoms with Crippen molar-refractivity contribution < 1.29 is 9.13 Å². The van der Waals surface area contributed by atoms with Gasteiger partial charge in [0.05, 0.1) is 19.3 Å². The van der Waals surface area contributed by atoms with Gasteiger partial charge in [-0.05, 0) is 11.1 Å². The summed E-state index contributed by atoms with van der Waals surface area (Å²) in [5, 5.41) is 4.51. The maximum absolute atomic E-state index is 14.2. The summed E-state index contributed by atoms with van der Waals surface area (Å²) in [6.07, 6.45) is -0.666. The van der Waals surface area contributed by atoms with Crippen LogP contribution in [0.4, 0.5) is 4.39 Å². The molecule has 0 bridgehead atoms. The van der Waals surface area contributed by atoms with Gasteiger partial charge in [0, 0.05) is 12.3 Å². The van der Waals surface area contributed by atoms with Crippen molar-refractivity contribution in [3.63, 3.8) is 0 Å². The Balaban J connectivity index is 1.69. The summed E-state index contributed by atoms with van der Waals surface area (Å²) in [6.45, 7) is 5.36. The number of hydrogen-bond donors (Lipinski definition) is 0. The Morgan fingerprint density at radius 3 is 2.71 bits per heavy atom. The number of alkyl halides is 1. The van der Waals surface area contributed by atoms with Crippen molar-refractivity contribution in [1.82, 2.24) is 14.8 Å². The monoisotopic (exact) mass is 285 g/mol. The fraction of sp³-hybridized carbons (Fsp3) is 0.375. The first-order chi connectivity index (χ1) is 10.2. The van der Waals surface area contributed by atoms with Crippen molar-refractivity contribution in [3.05, 3.63) is 54.1 Å². The van der Waals surface area contributed by atoms with Gasteiger partial charge in [0.1, 0.15) is 0 Å². The Morgan fingerprint density at radius 1 is 1.29 bits per heavy atom. The SMILES string of the molecule is C=C(c1nc2n(n1)C(c1ccccc1)CC2F)C1COC1. The summed E-state index contributed by atoms with van der Waals surface area (Å²) in [4.78, 5) is 4.37. The molecule has 4 rings (SSSR count). The fourth-order valence-corrected chi connectivity index (χ4v) is 2.89. The van der Waals surface area contributed by atoms with Crippen molar-refractivity contribution >= 4 is 5.57 Å². The lowest BCUT2D eigenvalue weighted by Crippen LogP contribution is -2.28. The average molecular weight is 285 g/mol. The molecule has 2 aromatic rings. The Morgan fingerprint density at radius 2 is 2.05 bits per heavy atom. The molecule has 5 heteroatoms. The minimum atomic E-state index is -1.07. The summed E-state index contributed by atoms with van der Waals surface area (Å²) in [5.41, 5.74) is 1.91. The topological polar surface area (TPSA) is 39.9 Å². The minimum Gasteiger partial charge on any atom is -0.380 e. The van der Waals surface area contributed by atoms with Crippen molar-refractivity contribution in [1.29, 1.82) is 0 Å². The molecule has 3 heterocycles. The molecule has 0 spiro atoms. The lowest BCUT2D eigenvalue weighted by atomic mass is 9.98. The van der Waals surface area contributed by atoms with Crippen molar-refractivity contribution in [2.45, 2.75) is 18.6 Å². The van der Waals surface area contributed by atoms with Crippen molar-refractivity contribution in [3.8, 4) is 0 Å². The maximum atomic E-state index is 14.2. The van der Waals surface area contributed by atoms with E-state index in [1.807, 2.05) is 30.3 Å². The fourth-order valence-electron chi connectivity index (χ4n) is 2.89. The molecule has 2 atom stereocenters. The second-order valence-electron chi connectivity index (χ2n) is 5.63. The molecule has 1 fully saturated rings. The van der Waals surface area contributed by atoms with Gasteiger partial charge in [0.25, 0.3) is 0 Å². The van der Waals surface area contributed by atoms with Crippen LogP contribution >= 0.6 is 0 Å². The zero-order chi connectivity index (χ0) is 14.4. The molecule has 0 N–H and O–H groups in total. The molecule has 108 valence electrons. The van der Waals surface area contributed by atoms with E-state index in [9.17, 15) is 4.39 Å². The Labute approximate surface area is 122 Å². The number of benzene rings is 1. The smallest absolute Gasteiger partial charge is 0.177 e. The molecule has 4 nitrogen and oxygen atoms in total. The van der Waals surface area contributed by atoms with Gasteiger partial charge in [-0.2, -0.15) is 5.10 Å². The zero-order valence-corrected chi connectivity index (χ0v) is 11.6. The minimum absolute atomic E-state index is 0.0807. The van der Waals surface area contributed by atoms with E-state index in [0.717, 1.165) is 11.1 Å². The van der Waals surface area contributed by atoms with Crippen LogP contribution in [0.3, 0.4) is 0 Å². The third kappa shape index (κ3) is 2.00. The molecule has 0 radical (unpaired) electrons. The average Bonchev–Trinajstić information content (AvgIpc) is 2.99. The first-order valence-corrected chi connectivity index (χ1v) is 7.16. The van der Waals surface area contributed by atoms with Crippen LogP contribution in [-0.2, 0) is 4.74 Å². The number of hydrogen-bond acceptors (Lipinski definition) is 3. The summed E-state index contributed by atoms with van der Waals surface area (Å²) in [6, 6.07) is 9.80. The van der Waals surface area contributed by atoms with Gasteiger partial charge in [0.2, 0.25) is 0 Å². The Hall–Kier alpha value is -2.01. The van der Waals surface area contributed by atoms with Gasteiger partial charge in [-0.25, -0.2) is 14.1 Å². The number of rotatable bonds is 3. The van der Waals surface area contributed by atoms with Gasteiger partial charge in [-0.1, -0.05) is 36.9 Å². The molecule has 0 saturated carbocycles. The third-order valence-electron chi connectivity index (χ3n) is 4.27. The molecular weight excluding hydrogens is 269 g/mol. The molecule has 0 aliphatic carbocycles. The molecule has 0 amide bonds. The summed E-state index contributed by atoms with van der Waals surface area (Å²) < 4.78 is 21.1. The number of halogens is 1. The van der Waals surface area contributed by atoms with E-state index in [1.165, 1.54) is 0 Å². The predicted molar refractivity (Wildman–Crippen MR) is 76.4 cm³/mol. The van der Waals surface area contributed by atoms with E-state index in [4.69, 9.17) is 4.74 Å². The van der Waals surface area contributed by atoms with Gasteiger partial charge in [-0.15, -0.1) is 0 Å². The number of aromatic nitrogens is 3. The molecule has 1 saturated heterocycles. The summed E-state index contributed by atoms with van der Waals surface area (Å²) in [7, 11) is 0. The number of nitrogens with zero attached hydrogens (tertiary/aromatic N) is 3. The van der Waals surface area contributed by atoms with Crippen molar-refractivity contribution in [2.75, 3.05) is 13.2 Å². The van der Waals surface area contributed by atoms with Crippen LogP contribution in [0.1, 0.15) is 35.8 Å². The van der Waals surface area contributed by atoms with Crippen LogP contribution in [-0.4, -0.2) is 28.0 Å². The number of fused-ring (bicyclic) bond motifs is 1. The van der Waals surface area contributed by atoms with Gasteiger partial charge in [-0.3, -0.25) is 0 Å². The van der Waals surface area contributed by atoms with Crippen molar-refractivity contribution in [2.24, 2.45) is 5.92 Å². The summed E-state index contributed by atoms with van der Waals surface area (Å²) in [5.74, 6) is 1.24. The van der Waals surface area contributed by atoms with Crippen LogP contribution in [0.5, 0.6) is 0 Å². The highest BCUT2D eigenvalue weighted by Gasteiger charge is 2.36. The largest absolute Gasteiger partial charge is 0.380 e. The third-order valence-corrected chi connectivity index (χ3v) is 4.27. The molecule has 1 aromatic heterocycles. The first kappa shape index (κ1) is 12.7. The highest BCUT2D eigenvalue weighted by Crippen LogP contribution is 2.40. The highest BCUT2D eigenvalue weighted by atomic mass is 19.1. The normalized spacial score (nSPS) is 24.6. The first-order valence-electron chi connectivity index (χ1n) is 7.16. The molecule has 1 aromatic carbocycles. The number of ether oxygens (including phenoxy) is 1. The van der Waals surface area contributed by atoms with Gasteiger partial charge < -0.3 is 4.74 Å². The van der Waals surface area contributed by atoms with Gasteiger partial charge in [0.15, 0.2) is 17.8 Å². The second kappa shape index (κ2) is 4.77. The van der Waals surface area contributed by atoms with E-state index in [-0.39, 0.29) is 12.0 Å². The summed E-state index contributed by atoms with van der Waals surface area (Å²) >= 11 is 0. The van der Waals surface area contributed by atoms with E-state index in [1.54, 1.807) is 4.68 Å². The molecule has 2 aliphatic rings. The lowest BCUT2D eigenvalue weighted by Gasteiger charge is -2.26. The van der Waals surface area contributed by atoms with Crippen LogP contribution in [0.2, 0.25) is 0 Å². The molecular formula is C16H16FN3O. The molecule has 21 heavy (non-hydrogen) atoms. The predicted octanol–water partition coefficient (Wildman–Crippen LogP) is 2.94. The van der Waals surface area contributed by atoms with E-state index >= 15 is 0 Å². The quantitative estimate of drug-likeness (QED) is 0.870. The zero-order valence-electron chi connectivity index (χ0n) is 11.6. The van der Waals surface area contributed by atoms with Crippen LogP contribution < -0.4 is 0 Å². The second-order valence-corrected chi connectivity index (χ2v) is 5.63.